The number of fused-ring (bicyclic) bond motifs is 1. The van der Waals surface area contributed by atoms with E-state index in [1.807, 2.05) is 0 Å². The Hall–Kier alpha value is -2.89. The maximum Gasteiger partial charge on any atom is 0.203 e. The monoisotopic (exact) mass is 434 g/mol. The van der Waals surface area contributed by atoms with Gasteiger partial charge in [0.1, 0.15) is 46.9 Å². The van der Waals surface area contributed by atoms with E-state index < -0.39 is 54.4 Å². The summed E-state index contributed by atoms with van der Waals surface area (Å²) >= 11 is 0. The average molecular weight is 434 g/mol. The summed E-state index contributed by atoms with van der Waals surface area (Å²) in [5.41, 5.74) is 0.195. The summed E-state index contributed by atoms with van der Waals surface area (Å²) in [6.45, 7) is 1.47. The molecular weight excluding hydrogens is 412 g/mol. The molecule has 0 saturated carbocycles. The van der Waals surface area contributed by atoms with Gasteiger partial charge in [0.15, 0.2) is 18.5 Å². The van der Waals surface area contributed by atoms with Crippen molar-refractivity contribution in [3.8, 4) is 23.0 Å². The van der Waals surface area contributed by atoms with E-state index in [-0.39, 0.29) is 22.8 Å². The van der Waals surface area contributed by atoms with Gasteiger partial charge in [0, 0.05) is 12.1 Å². The van der Waals surface area contributed by atoms with Crippen LogP contribution in [0.15, 0.2) is 36.4 Å². The Balaban J connectivity index is 1.73. The fraction of sp³-hybridized carbons (Fsp3) is 0.381. The SMILES string of the molecule is C[C@@H]1O[C@H](OC2C(=O)c3c(O)cc(O)cc3OC2c2ccc(O)cc2)[C@@H](O)[C@@H](O)[C@H]1O. The van der Waals surface area contributed by atoms with Gasteiger partial charge in [-0.2, -0.15) is 0 Å². The highest BCUT2D eigenvalue weighted by atomic mass is 16.7. The summed E-state index contributed by atoms with van der Waals surface area (Å²) in [6, 6.07) is 7.90. The minimum absolute atomic E-state index is 0.0176. The lowest BCUT2D eigenvalue weighted by Gasteiger charge is -2.42. The first kappa shape index (κ1) is 21.3. The number of aliphatic hydroxyl groups excluding tert-OH is 3. The lowest BCUT2D eigenvalue weighted by atomic mass is 9.92. The van der Waals surface area contributed by atoms with E-state index in [0.717, 1.165) is 6.07 Å². The molecule has 2 aliphatic rings. The lowest BCUT2D eigenvalue weighted by Crippen LogP contribution is -2.59. The van der Waals surface area contributed by atoms with Crippen molar-refractivity contribution in [1.82, 2.24) is 0 Å². The summed E-state index contributed by atoms with van der Waals surface area (Å²) in [5, 5.41) is 59.8. The third-order valence-electron chi connectivity index (χ3n) is 5.41. The Morgan fingerprint density at radius 3 is 2.26 bits per heavy atom. The second-order valence-corrected chi connectivity index (χ2v) is 7.57. The van der Waals surface area contributed by atoms with Crippen LogP contribution in [-0.4, -0.2) is 73.2 Å². The molecule has 2 heterocycles. The van der Waals surface area contributed by atoms with Gasteiger partial charge in [-0.1, -0.05) is 12.1 Å². The highest BCUT2D eigenvalue weighted by Crippen LogP contribution is 2.43. The molecule has 0 bridgehead atoms. The first-order valence-electron chi connectivity index (χ1n) is 9.58. The number of phenolic OH excluding ortho intramolecular Hbond substituents is 3. The van der Waals surface area contributed by atoms with Crippen LogP contribution < -0.4 is 4.74 Å². The number of Topliss-reactive ketones (excluding diaryl/α,β-unsaturated/α-hetero) is 1. The summed E-state index contributed by atoms with van der Waals surface area (Å²) in [6.07, 6.45) is -9.49. The number of hydrogen-bond acceptors (Lipinski definition) is 10. The zero-order chi connectivity index (χ0) is 22.4. The van der Waals surface area contributed by atoms with Crippen molar-refractivity contribution in [1.29, 1.82) is 0 Å². The Kier molecular flexibility index (Phi) is 5.50. The predicted octanol–water partition coefficient (Wildman–Crippen LogP) is 0.332. The number of rotatable bonds is 3. The standard InChI is InChI=1S/C21H22O10/c1-8-15(25)17(27)18(28)21(29-8)31-20-16(26)14-12(24)6-11(23)7-13(14)30-19(20)9-2-4-10(22)5-3-9/h2-8,15,17-25,27-28H,1H3/t8-,15-,17-,18-,19?,20?,21+/m0/s1. The molecule has 31 heavy (non-hydrogen) atoms. The lowest BCUT2D eigenvalue weighted by molar-refractivity contribution is -0.304. The van der Waals surface area contributed by atoms with Crippen molar-refractivity contribution < 1.29 is 49.6 Å². The molecule has 7 atom stereocenters. The van der Waals surface area contributed by atoms with Gasteiger partial charge in [-0.05, 0) is 24.6 Å². The number of ketones is 1. The number of benzene rings is 2. The van der Waals surface area contributed by atoms with Crippen LogP contribution in [0.1, 0.15) is 28.9 Å². The van der Waals surface area contributed by atoms with Gasteiger partial charge in [0.05, 0.1) is 6.10 Å². The molecule has 0 amide bonds. The fourth-order valence-corrected chi connectivity index (χ4v) is 3.72. The normalized spacial score (nSPS) is 32.9. The van der Waals surface area contributed by atoms with Gasteiger partial charge in [-0.25, -0.2) is 0 Å². The van der Waals surface area contributed by atoms with Crippen molar-refractivity contribution in [2.24, 2.45) is 0 Å². The number of ether oxygens (including phenoxy) is 3. The molecule has 0 aliphatic carbocycles. The Labute approximate surface area is 176 Å². The van der Waals surface area contributed by atoms with Crippen LogP contribution >= 0.6 is 0 Å². The summed E-state index contributed by atoms with van der Waals surface area (Å²) < 4.78 is 17.0. The Morgan fingerprint density at radius 1 is 0.903 bits per heavy atom. The largest absolute Gasteiger partial charge is 0.508 e. The second-order valence-electron chi connectivity index (χ2n) is 7.57. The second kappa shape index (κ2) is 7.98. The van der Waals surface area contributed by atoms with Gasteiger partial charge in [-0.3, -0.25) is 4.79 Å². The Bertz CT molecular complexity index is 975. The Morgan fingerprint density at radius 2 is 1.58 bits per heavy atom. The van der Waals surface area contributed by atoms with Crippen LogP contribution in [0.3, 0.4) is 0 Å². The van der Waals surface area contributed by atoms with E-state index >= 15 is 0 Å². The molecule has 0 aromatic heterocycles. The predicted molar refractivity (Wildman–Crippen MR) is 103 cm³/mol. The van der Waals surface area contributed by atoms with E-state index in [4.69, 9.17) is 14.2 Å². The topological polar surface area (TPSA) is 166 Å². The van der Waals surface area contributed by atoms with Gasteiger partial charge in [0.2, 0.25) is 5.78 Å². The highest BCUT2D eigenvalue weighted by molar-refractivity contribution is 6.05. The molecule has 0 spiro atoms. The van der Waals surface area contributed by atoms with Crippen LogP contribution in [0.4, 0.5) is 0 Å². The quantitative estimate of drug-likeness (QED) is 0.396. The van der Waals surface area contributed by atoms with Crippen LogP contribution in [0.5, 0.6) is 23.0 Å². The maximum absolute atomic E-state index is 13.3. The van der Waals surface area contributed by atoms with E-state index in [0.29, 0.717) is 5.56 Å². The first-order chi connectivity index (χ1) is 14.7. The molecular formula is C21H22O10. The molecule has 2 aromatic rings. The molecule has 10 nitrogen and oxygen atoms in total. The highest BCUT2D eigenvalue weighted by Gasteiger charge is 2.48. The minimum atomic E-state index is -1.66. The third kappa shape index (κ3) is 3.80. The van der Waals surface area contributed by atoms with E-state index in [1.165, 1.54) is 37.3 Å². The number of carbonyl (C=O) groups is 1. The van der Waals surface area contributed by atoms with Gasteiger partial charge >= 0.3 is 0 Å². The minimum Gasteiger partial charge on any atom is -0.508 e. The number of hydrogen-bond donors (Lipinski definition) is 6. The van der Waals surface area contributed by atoms with Crippen molar-refractivity contribution >= 4 is 5.78 Å². The van der Waals surface area contributed by atoms with Gasteiger partial charge in [0.25, 0.3) is 0 Å². The smallest absolute Gasteiger partial charge is 0.203 e. The summed E-state index contributed by atoms with van der Waals surface area (Å²) in [5.74, 6) is -1.64. The van der Waals surface area contributed by atoms with Crippen molar-refractivity contribution in [2.75, 3.05) is 0 Å². The average Bonchev–Trinajstić information content (AvgIpc) is 2.72. The van der Waals surface area contributed by atoms with Crippen LogP contribution in [0, 0.1) is 0 Å². The van der Waals surface area contributed by atoms with Crippen molar-refractivity contribution in [3.05, 3.63) is 47.5 Å². The van der Waals surface area contributed by atoms with Crippen LogP contribution in [-0.2, 0) is 9.47 Å². The summed E-state index contributed by atoms with van der Waals surface area (Å²) in [7, 11) is 0. The molecule has 4 rings (SSSR count). The summed E-state index contributed by atoms with van der Waals surface area (Å²) in [4.78, 5) is 13.3. The molecule has 6 N–H and O–H groups in total. The molecule has 166 valence electrons. The number of phenols is 3. The zero-order valence-corrected chi connectivity index (χ0v) is 16.3. The molecule has 1 saturated heterocycles. The molecule has 2 unspecified atom stereocenters. The molecule has 1 fully saturated rings. The van der Waals surface area contributed by atoms with E-state index in [1.54, 1.807) is 0 Å². The van der Waals surface area contributed by atoms with Crippen molar-refractivity contribution in [2.45, 2.75) is 49.8 Å². The number of carbonyl (C=O) groups excluding carboxylic acids is 1. The molecule has 2 aliphatic heterocycles. The number of aromatic hydroxyl groups is 3. The maximum atomic E-state index is 13.3. The van der Waals surface area contributed by atoms with Crippen LogP contribution in [0.25, 0.3) is 0 Å². The third-order valence-corrected chi connectivity index (χ3v) is 5.41. The molecule has 10 heteroatoms. The fourth-order valence-electron chi connectivity index (χ4n) is 3.72. The molecule has 2 aromatic carbocycles. The first-order valence-corrected chi connectivity index (χ1v) is 9.58. The van der Waals surface area contributed by atoms with E-state index in [2.05, 4.69) is 0 Å². The van der Waals surface area contributed by atoms with Gasteiger partial charge < -0.3 is 44.8 Å². The van der Waals surface area contributed by atoms with E-state index in [9.17, 15) is 35.4 Å². The van der Waals surface area contributed by atoms with Crippen LogP contribution in [0.2, 0.25) is 0 Å². The number of aliphatic hydroxyl groups is 3. The molecule has 0 radical (unpaired) electrons. The van der Waals surface area contributed by atoms with Gasteiger partial charge in [-0.15, -0.1) is 0 Å². The zero-order valence-electron chi connectivity index (χ0n) is 16.3. The van der Waals surface area contributed by atoms with Crippen molar-refractivity contribution in [3.63, 3.8) is 0 Å².